The van der Waals surface area contributed by atoms with Gasteiger partial charge in [0.1, 0.15) is 0 Å². The molecule has 458 valence electrons. The molecule has 5 heteroatoms. The standard InChI is InChI=1S/C88H82BN3Se/c1-85(2,3)63-36-43-67(44-37-63)90(78-34-24-22-32-73(78)59-26-16-13-17-27-59)70-49-52-76-80(57-70)92(69-47-40-65(41-48-69)87(7,8)9)81-54-62(72-51-42-66(88(10,11)12)56-75(72)61-30-20-15-21-31-61)55-83-84(81)89(76)77-53-50-71(58-82(77)93-83)91(68-45-38-64(39-46-68)86(4,5)6)79-35-25-23-33-74(79)60-28-18-14-19-29-60/h13-58H,1-12H3. The summed E-state index contributed by atoms with van der Waals surface area (Å²) in [5, 5.41) is 0. The molecule has 2 aliphatic rings. The number of benzene rings is 12. The van der Waals surface area contributed by atoms with Gasteiger partial charge in [-0.1, -0.05) is 39.0 Å². The van der Waals surface area contributed by atoms with E-state index in [1.807, 2.05) is 0 Å². The first-order valence-electron chi connectivity index (χ1n) is 33.0. The summed E-state index contributed by atoms with van der Waals surface area (Å²) >= 11 is -0.114. The van der Waals surface area contributed by atoms with Crippen LogP contribution in [0.1, 0.15) is 105 Å². The van der Waals surface area contributed by atoms with Crippen LogP contribution in [-0.4, -0.2) is 21.7 Å². The van der Waals surface area contributed by atoms with Crippen molar-refractivity contribution in [2.75, 3.05) is 14.7 Å². The minimum absolute atomic E-state index is 0.00633. The van der Waals surface area contributed by atoms with Gasteiger partial charge in [0, 0.05) is 0 Å². The van der Waals surface area contributed by atoms with E-state index in [4.69, 9.17) is 0 Å². The summed E-state index contributed by atoms with van der Waals surface area (Å²) in [6, 6.07) is 106. The Morgan fingerprint density at radius 2 is 0.699 bits per heavy atom. The number of para-hydroxylation sites is 2. The van der Waals surface area contributed by atoms with Gasteiger partial charge in [-0.05, 0) is 5.41 Å². The second-order valence-corrected chi connectivity index (χ2v) is 31.7. The van der Waals surface area contributed by atoms with Gasteiger partial charge in [0.25, 0.3) is 0 Å². The molecule has 0 aliphatic carbocycles. The summed E-state index contributed by atoms with van der Waals surface area (Å²) < 4.78 is 2.79. The van der Waals surface area contributed by atoms with E-state index in [0.29, 0.717) is 0 Å². The second-order valence-electron chi connectivity index (χ2n) is 29.4. The Hall–Kier alpha value is -9.38. The van der Waals surface area contributed by atoms with Crippen molar-refractivity contribution in [3.8, 4) is 44.5 Å². The molecule has 0 bridgehead atoms. The summed E-state index contributed by atoms with van der Waals surface area (Å²) in [5.74, 6) is 0. The zero-order chi connectivity index (χ0) is 64.6. The van der Waals surface area contributed by atoms with Crippen LogP contribution in [0, 0.1) is 0 Å². The van der Waals surface area contributed by atoms with Gasteiger partial charge in [0.05, 0.1) is 0 Å². The van der Waals surface area contributed by atoms with Crippen molar-refractivity contribution in [3.05, 3.63) is 301 Å². The van der Waals surface area contributed by atoms with Crippen molar-refractivity contribution in [1.29, 1.82) is 0 Å². The van der Waals surface area contributed by atoms with Gasteiger partial charge in [-0.2, -0.15) is 0 Å². The number of rotatable bonds is 11. The molecule has 12 aromatic carbocycles. The molecule has 0 N–H and O–H groups in total. The summed E-state index contributed by atoms with van der Waals surface area (Å²) in [5.41, 5.74) is 29.0. The summed E-state index contributed by atoms with van der Waals surface area (Å²) in [4.78, 5) is 7.63. The van der Waals surface area contributed by atoms with Crippen LogP contribution in [-0.2, 0) is 21.7 Å². The Morgan fingerprint density at radius 3 is 1.18 bits per heavy atom. The second kappa shape index (κ2) is 23.9. The van der Waals surface area contributed by atoms with Crippen LogP contribution < -0.4 is 40.0 Å². The van der Waals surface area contributed by atoms with Crippen molar-refractivity contribution in [1.82, 2.24) is 0 Å². The molecule has 2 heterocycles. The molecular formula is C88H82BN3Se. The van der Waals surface area contributed by atoms with Crippen LogP contribution in [0.2, 0.25) is 0 Å². The van der Waals surface area contributed by atoms with E-state index in [-0.39, 0.29) is 43.3 Å². The zero-order valence-corrected chi connectivity index (χ0v) is 57.6. The fourth-order valence-corrected chi connectivity index (χ4v) is 16.4. The average molecular weight is 1270 g/mol. The van der Waals surface area contributed by atoms with Gasteiger partial charge in [0.15, 0.2) is 0 Å². The molecule has 3 nitrogen and oxygen atoms in total. The van der Waals surface area contributed by atoms with Gasteiger partial charge in [-0.3, -0.25) is 0 Å². The fourth-order valence-electron chi connectivity index (χ4n) is 13.8. The molecule has 0 atom stereocenters. The predicted molar refractivity (Wildman–Crippen MR) is 403 cm³/mol. The van der Waals surface area contributed by atoms with Crippen molar-refractivity contribution >= 4 is 98.2 Å². The van der Waals surface area contributed by atoms with Crippen LogP contribution >= 0.6 is 0 Å². The molecule has 2 aliphatic heterocycles. The van der Waals surface area contributed by atoms with Gasteiger partial charge in [-0.15, -0.1) is 0 Å². The van der Waals surface area contributed by atoms with Crippen molar-refractivity contribution in [3.63, 3.8) is 0 Å². The Bertz CT molecular complexity index is 4720. The Balaban J connectivity index is 1.04. The normalized spacial score (nSPS) is 12.9. The molecule has 0 radical (unpaired) electrons. The first-order valence-corrected chi connectivity index (χ1v) is 34.7. The predicted octanol–water partition coefficient (Wildman–Crippen LogP) is 20.8. The SMILES string of the molecule is CC(C)(C)c1ccc(N(c2ccc3c(c2)[Se]c2cc(-c4ccc(C(C)(C)C)cc4-c4ccccc4)cc4c2B3c2ccc(N(c3ccc(C(C)(C)C)cc3)c3ccccc3-c3ccccc3)cc2N4c2ccc(C(C)(C)C)cc2)c2ccccc2-c2ccccc2)cc1. The topological polar surface area (TPSA) is 9.72 Å². The van der Waals surface area contributed by atoms with E-state index in [2.05, 4.69) is 377 Å². The van der Waals surface area contributed by atoms with E-state index >= 15 is 0 Å². The van der Waals surface area contributed by atoms with Gasteiger partial charge in [0.2, 0.25) is 0 Å². The molecule has 0 fully saturated rings. The first kappa shape index (κ1) is 61.1. The molecule has 12 aromatic rings. The van der Waals surface area contributed by atoms with E-state index in [1.54, 1.807) is 0 Å². The quantitative estimate of drug-likeness (QED) is 0.120. The Kier molecular flexibility index (Phi) is 15.7. The van der Waals surface area contributed by atoms with E-state index in [0.717, 1.165) is 39.8 Å². The minimum atomic E-state index is -0.114. The number of anilines is 9. The average Bonchev–Trinajstić information content (AvgIpc) is 0.704. The van der Waals surface area contributed by atoms with Gasteiger partial charge in [-0.25, -0.2) is 0 Å². The van der Waals surface area contributed by atoms with Crippen LogP contribution in [0.5, 0.6) is 0 Å². The van der Waals surface area contributed by atoms with Crippen LogP contribution in [0.4, 0.5) is 51.2 Å². The molecule has 0 aromatic heterocycles. The number of hydrogen-bond acceptors (Lipinski definition) is 3. The third-order valence-electron chi connectivity index (χ3n) is 19.0. The molecule has 0 saturated heterocycles. The van der Waals surface area contributed by atoms with Crippen LogP contribution in [0.25, 0.3) is 44.5 Å². The maximum atomic E-state index is 2.62. The third-order valence-corrected chi connectivity index (χ3v) is 21.3. The number of nitrogens with zero attached hydrogens (tertiary/aromatic N) is 3. The monoisotopic (exact) mass is 1270 g/mol. The summed E-state index contributed by atoms with van der Waals surface area (Å²) in [6.07, 6.45) is 0. The molecule has 14 rings (SSSR count). The van der Waals surface area contributed by atoms with Gasteiger partial charge >= 0.3 is 519 Å². The molecular weight excluding hydrogens is 1190 g/mol. The molecule has 0 amide bonds. The Morgan fingerprint density at radius 1 is 0.290 bits per heavy atom. The van der Waals surface area contributed by atoms with Crippen molar-refractivity contribution < 1.29 is 0 Å². The van der Waals surface area contributed by atoms with Crippen molar-refractivity contribution in [2.45, 2.75) is 105 Å². The number of fused-ring (bicyclic) bond motifs is 4. The zero-order valence-electron chi connectivity index (χ0n) is 55.9. The van der Waals surface area contributed by atoms with Crippen LogP contribution in [0.15, 0.2) is 279 Å². The van der Waals surface area contributed by atoms with E-state index < -0.39 is 0 Å². The molecule has 0 saturated carbocycles. The fraction of sp³-hybridized carbons (Fsp3) is 0.182. The molecule has 0 unspecified atom stereocenters. The van der Waals surface area contributed by atoms with Crippen LogP contribution in [0.3, 0.4) is 0 Å². The summed E-state index contributed by atoms with van der Waals surface area (Å²) in [6.45, 7) is 27.6. The molecule has 0 spiro atoms. The Labute approximate surface area is 559 Å². The first-order chi connectivity index (χ1) is 44.7. The van der Waals surface area contributed by atoms with Crippen molar-refractivity contribution in [2.24, 2.45) is 0 Å². The van der Waals surface area contributed by atoms with E-state index in [1.165, 1.54) is 103 Å². The summed E-state index contributed by atoms with van der Waals surface area (Å²) in [7, 11) is 0. The maximum absolute atomic E-state index is 2.62. The van der Waals surface area contributed by atoms with E-state index in [9.17, 15) is 0 Å². The third kappa shape index (κ3) is 11.8. The molecule has 93 heavy (non-hydrogen) atoms. The number of hydrogen-bond donors (Lipinski definition) is 0. The van der Waals surface area contributed by atoms with Gasteiger partial charge < -0.3 is 0 Å².